The van der Waals surface area contributed by atoms with Gasteiger partial charge in [-0.3, -0.25) is 4.79 Å². The molecule has 6 heteroatoms. The Hall–Kier alpha value is -3.12. The number of carbonyl (C=O) groups excluding carboxylic acids is 1. The number of aryl methyl sites for hydroxylation is 1. The number of nitrogens with one attached hydrogen (secondary N) is 2. The Morgan fingerprint density at radius 2 is 1.48 bits per heavy atom. The molecule has 150 valence electrons. The van der Waals surface area contributed by atoms with Crippen molar-refractivity contribution in [1.82, 2.24) is 5.32 Å². The fraction of sp³-hybridized carbons (Fsp3) is 0.174. The number of benzene rings is 3. The van der Waals surface area contributed by atoms with Gasteiger partial charge in [0.05, 0.1) is 21.9 Å². The van der Waals surface area contributed by atoms with Gasteiger partial charge in [-0.1, -0.05) is 42.5 Å². The second kappa shape index (κ2) is 8.92. The lowest BCUT2D eigenvalue weighted by Crippen LogP contribution is -2.29. The zero-order valence-electron chi connectivity index (χ0n) is 16.5. The molecule has 3 aromatic rings. The Kier molecular flexibility index (Phi) is 6.34. The van der Waals surface area contributed by atoms with Crippen LogP contribution in [0.25, 0.3) is 0 Å². The molecule has 29 heavy (non-hydrogen) atoms. The van der Waals surface area contributed by atoms with Crippen LogP contribution in [0, 0.1) is 13.8 Å². The van der Waals surface area contributed by atoms with Crippen molar-refractivity contribution in [3.8, 4) is 0 Å². The molecule has 0 aromatic heterocycles. The number of carbonyl (C=O) groups is 1. The number of amides is 1. The van der Waals surface area contributed by atoms with E-state index >= 15 is 0 Å². The molecule has 0 aliphatic carbocycles. The molecule has 0 radical (unpaired) electrons. The minimum atomic E-state index is -3.44. The molecule has 0 saturated carbocycles. The summed E-state index contributed by atoms with van der Waals surface area (Å²) in [7, 11) is -3.44. The predicted molar refractivity (Wildman–Crippen MR) is 116 cm³/mol. The van der Waals surface area contributed by atoms with E-state index in [1.807, 2.05) is 44.2 Å². The van der Waals surface area contributed by atoms with Gasteiger partial charge in [0.2, 0.25) is 0 Å². The molecule has 0 fully saturated rings. The normalized spacial score (nSPS) is 11.1. The molecule has 0 heterocycles. The van der Waals surface area contributed by atoms with Crippen molar-refractivity contribution >= 4 is 27.1 Å². The maximum atomic E-state index is 12.7. The molecule has 0 atom stereocenters. The molecule has 3 aromatic carbocycles. The van der Waals surface area contributed by atoms with E-state index in [0.717, 1.165) is 16.8 Å². The first kappa shape index (κ1) is 20.6. The maximum absolute atomic E-state index is 12.7. The lowest BCUT2D eigenvalue weighted by atomic mass is 10.1. The average Bonchev–Trinajstić information content (AvgIpc) is 2.72. The molecule has 5 nitrogen and oxygen atoms in total. The van der Waals surface area contributed by atoms with E-state index in [-0.39, 0.29) is 23.1 Å². The van der Waals surface area contributed by atoms with Crippen molar-refractivity contribution in [2.45, 2.75) is 18.7 Å². The molecular formula is C23H24N2O3S. The third-order valence-corrected chi connectivity index (χ3v) is 6.54. The summed E-state index contributed by atoms with van der Waals surface area (Å²) in [5.41, 5.74) is 4.33. The van der Waals surface area contributed by atoms with Crippen LogP contribution < -0.4 is 10.6 Å². The summed E-state index contributed by atoms with van der Waals surface area (Å²) in [5.74, 6) is -0.475. The summed E-state index contributed by atoms with van der Waals surface area (Å²) < 4.78 is 24.7. The topological polar surface area (TPSA) is 75.3 Å². The fourth-order valence-corrected chi connectivity index (χ4v) is 4.14. The van der Waals surface area contributed by atoms with Crippen LogP contribution in [0.4, 0.5) is 11.4 Å². The first-order valence-electron chi connectivity index (χ1n) is 9.37. The molecule has 1 amide bonds. The SMILES string of the molecule is Cc1cccc(Nc2ccccc2C(=O)NCCS(=O)(=O)c2ccccc2)c1C. The third-order valence-electron chi connectivity index (χ3n) is 4.80. The van der Waals surface area contributed by atoms with Gasteiger partial charge in [0, 0.05) is 12.2 Å². The molecule has 0 spiro atoms. The summed E-state index contributed by atoms with van der Waals surface area (Å²) in [4.78, 5) is 12.9. The molecule has 0 aliphatic heterocycles. The molecule has 0 bridgehead atoms. The van der Waals surface area contributed by atoms with Crippen LogP contribution >= 0.6 is 0 Å². The molecular weight excluding hydrogens is 384 g/mol. The predicted octanol–water partition coefficient (Wildman–Crippen LogP) is 4.25. The number of para-hydroxylation sites is 1. The first-order chi connectivity index (χ1) is 13.9. The average molecular weight is 409 g/mol. The number of anilines is 2. The van der Waals surface area contributed by atoms with Crippen LogP contribution in [0.1, 0.15) is 21.5 Å². The van der Waals surface area contributed by atoms with Crippen LogP contribution in [-0.2, 0) is 9.84 Å². The molecule has 0 unspecified atom stereocenters. The monoisotopic (exact) mass is 408 g/mol. The van der Waals surface area contributed by atoms with Crippen molar-refractivity contribution in [3.63, 3.8) is 0 Å². The Labute approximate surface area is 171 Å². The van der Waals surface area contributed by atoms with Crippen molar-refractivity contribution in [1.29, 1.82) is 0 Å². The standard InChI is InChI=1S/C23H24N2O3S/c1-17-9-8-14-21(18(17)2)25-22-13-7-6-12-20(22)23(26)24-15-16-29(27,28)19-10-4-3-5-11-19/h3-14,25H,15-16H2,1-2H3,(H,24,26). The molecule has 0 saturated heterocycles. The van der Waals surface area contributed by atoms with Crippen molar-refractivity contribution < 1.29 is 13.2 Å². The van der Waals surface area contributed by atoms with E-state index in [1.165, 1.54) is 0 Å². The van der Waals surface area contributed by atoms with E-state index in [4.69, 9.17) is 0 Å². The van der Waals surface area contributed by atoms with E-state index in [1.54, 1.807) is 42.5 Å². The van der Waals surface area contributed by atoms with Gasteiger partial charge in [-0.25, -0.2) is 8.42 Å². The van der Waals surface area contributed by atoms with Crippen molar-refractivity contribution in [3.05, 3.63) is 89.5 Å². The lowest BCUT2D eigenvalue weighted by Gasteiger charge is -2.15. The first-order valence-corrected chi connectivity index (χ1v) is 11.0. The van der Waals surface area contributed by atoms with E-state index in [9.17, 15) is 13.2 Å². The summed E-state index contributed by atoms with van der Waals surface area (Å²) in [5, 5.41) is 6.03. The third kappa shape index (κ3) is 5.03. The highest BCUT2D eigenvalue weighted by molar-refractivity contribution is 7.91. The van der Waals surface area contributed by atoms with Gasteiger partial charge in [-0.2, -0.15) is 0 Å². The summed E-state index contributed by atoms with van der Waals surface area (Å²) >= 11 is 0. The second-order valence-corrected chi connectivity index (χ2v) is 8.92. The number of rotatable bonds is 7. The second-order valence-electron chi connectivity index (χ2n) is 6.81. The zero-order valence-corrected chi connectivity index (χ0v) is 17.3. The van der Waals surface area contributed by atoms with Gasteiger partial charge in [0.25, 0.3) is 5.91 Å². The molecule has 0 aliphatic rings. The minimum Gasteiger partial charge on any atom is -0.355 e. The van der Waals surface area contributed by atoms with Crippen LogP contribution in [0.15, 0.2) is 77.7 Å². The highest BCUT2D eigenvalue weighted by Gasteiger charge is 2.16. The highest BCUT2D eigenvalue weighted by atomic mass is 32.2. The summed E-state index contributed by atoms with van der Waals surface area (Å²) in [6, 6.07) is 21.4. The summed E-state index contributed by atoms with van der Waals surface area (Å²) in [6.07, 6.45) is 0. The Morgan fingerprint density at radius 1 is 0.828 bits per heavy atom. The smallest absolute Gasteiger partial charge is 0.253 e. The zero-order chi connectivity index (χ0) is 20.9. The van der Waals surface area contributed by atoms with Crippen LogP contribution in [0.5, 0.6) is 0 Å². The molecule has 2 N–H and O–H groups in total. The van der Waals surface area contributed by atoms with Gasteiger partial charge in [-0.05, 0) is 55.3 Å². The maximum Gasteiger partial charge on any atom is 0.253 e. The van der Waals surface area contributed by atoms with E-state index in [2.05, 4.69) is 10.6 Å². The Balaban J connectivity index is 1.70. The summed E-state index contributed by atoms with van der Waals surface area (Å²) in [6.45, 7) is 4.09. The van der Waals surface area contributed by atoms with Crippen molar-refractivity contribution in [2.75, 3.05) is 17.6 Å². The van der Waals surface area contributed by atoms with Crippen molar-refractivity contribution in [2.24, 2.45) is 0 Å². The van der Waals surface area contributed by atoms with Crippen LogP contribution in [0.2, 0.25) is 0 Å². The quantitative estimate of drug-likeness (QED) is 0.613. The van der Waals surface area contributed by atoms with Gasteiger partial charge in [-0.15, -0.1) is 0 Å². The fourth-order valence-electron chi connectivity index (χ4n) is 2.96. The van der Waals surface area contributed by atoms with Gasteiger partial charge < -0.3 is 10.6 Å². The van der Waals surface area contributed by atoms with E-state index in [0.29, 0.717) is 11.3 Å². The Morgan fingerprint density at radius 3 is 2.24 bits per heavy atom. The highest BCUT2D eigenvalue weighted by Crippen LogP contribution is 2.25. The number of sulfone groups is 1. The minimum absolute atomic E-state index is 0.0356. The number of hydrogen-bond acceptors (Lipinski definition) is 4. The van der Waals surface area contributed by atoms with Gasteiger partial charge in [0.15, 0.2) is 9.84 Å². The Bertz CT molecular complexity index is 1110. The lowest BCUT2D eigenvalue weighted by molar-refractivity contribution is 0.0957. The van der Waals surface area contributed by atoms with Gasteiger partial charge in [0.1, 0.15) is 0 Å². The molecule has 3 rings (SSSR count). The largest absolute Gasteiger partial charge is 0.355 e. The van der Waals surface area contributed by atoms with Crippen LogP contribution in [0.3, 0.4) is 0 Å². The van der Waals surface area contributed by atoms with Crippen LogP contribution in [-0.4, -0.2) is 26.6 Å². The van der Waals surface area contributed by atoms with Gasteiger partial charge >= 0.3 is 0 Å². The number of hydrogen-bond donors (Lipinski definition) is 2. The van der Waals surface area contributed by atoms with E-state index < -0.39 is 9.84 Å².